The average Bonchev–Trinajstić information content (AvgIpc) is 2.90. The van der Waals surface area contributed by atoms with Gasteiger partial charge in [-0.1, -0.05) is 12.1 Å². The molecule has 1 aromatic heterocycles. The van der Waals surface area contributed by atoms with Gasteiger partial charge in [0.05, 0.1) is 41.1 Å². The molecule has 7 nitrogen and oxygen atoms in total. The van der Waals surface area contributed by atoms with E-state index >= 15 is 0 Å². The predicted molar refractivity (Wildman–Crippen MR) is 136 cm³/mol. The number of benzene rings is 3. The summed E-state index contributed by atoms with van der Waals surface area (Å²) in [6.07, 6.45) is 3.72. The first-order valence-electron chi connectivity index (χ1n) is 10.8. The van der Waals surface area contributed by atoms with Gasteiger partial charge in [-0.05, 0) is 48.0 Å². The molecule has 0 N–H and O–H groups in total. The number of fused-ring (bicyclic) bond motifs is 1. The maximum Gasteiger partial charge on any atom is 0.197 e. The molecule has 0 atom stereocenters. The summed E-state index contributed by atoms with van der Waals surface area (Å²) in [5, 5.41) is 0.331. The van der Waals surface area contributed by atoms with Crippen LogP contribution in [-0.4, -0.2) is 35.5 Å². The van der Waals surface area contributed by atoms with Crippen LogP contribution in [0.15, 0.2) is 63.8 Å². The van der Waals surface area contributed by atoms with E-state index < -0.39 is 0 Å². The molecular weight excluding hydrogens is 448 g/mol. The lowest BCUT2D eigenvalue weighted by Gasteiger charge is -2.13. The quantitative estimate of drug-likeness (QED) is 0.304. The van der Waals surface area contributed by atoms with Crippen molar-refractivity contribution >= 4 is 23.1 Å². The fourth-order valence-corrected chi connectivity index (χ4v) is 3.82. The van der Waals surface area contributed by atoms with Crippen molar-refractivity contribution < 1.29 is 28.1 Å². The molecule has 0 bridgehead atoms. The average molecular weight is 475 g/mol. The minimum absolute atomic E-state index is 0.225. The minimum Gasteiger partial charge on any atom is -0.497 e. The van der Waals surface area contributed by atoms with Gasteiger partial charge < -0.3 is 28.1 Å². The Morgan fingerprint density at radius 3 is 1.97 bits per heavy atom. The van der Waals surface area contributed by atoms with Crippen molar-refractivity contribution in [2.75, 3.05) is 35.5 Å². The smallest absolute Gasteiger partial charge is 0.197 e. The number of rotatable bonds is 8. The second kappa shape index (κ2) is 10.3. The van der Waals surface area contributed by atoms with Crippen LogP contribution in [0.25, 0.3) is 34.4 Å². The van der Waals surface area contributed by atoms with Crippen LogP contribution in [0.2, 0.25) is 0 Å². The maximum absolute atomic E-state index is 13.2. The van der Waals surface area contributed by atoms with E-state index in [2.05, 4.69) is 0 Å². The van der Waals surface area contributed by atoms with Crippen LogP contribution in [0.3, 0.4) is 0 Å². The highest BCUT2D eigenvalue weighted by molar-refractivity contribution is 5.96. The Bertz CT molecular complexity index is 1430. The summed E-state index contributed by atoms with van der Waals surface area (Å²) in [4.78, 5) is 13.2. The predicted octanol–water partition coefficient (Wildman–Crippen LogP) is 5.67. The van der Waals surface area contributed by atoms with Crippen molar-refractivity contribution in [1.29, 1.82) is 0 Å². The van der Waals surface area contributed by atoms with E-state index in [-0.39, 0.29) is 5.43 Å². The highest BCUT2D eigenvalue weighted by Crippen LogP contribution is 2.38. The zero-order valence-electron chi connectivity index (χ0n) is 20.2. The van der Waals surface area contributed by atoms with Crippen LogP contribution in [0.5, 0.6) is 28.7 Å². The third-order valence-electron chi connectivity index (χ3n) is 5.63. The molecule has 35 heavy (non-hydrogen) atoms. The molecule has 0 aliphatic rings. The highest BCUT2D eigenvalue weighted by Gasteiger charge is 2.19. The summed E-state index contributed by atoms with van der Waals surface area (Å²) in [6.45, 7) is 0. The monoisotopic (exact) mass is 474 g/mol. The Morgan fingerprint density at radius 2 is 1.34 bits per heavy atom. The summed E-state index contributed by atoms with van der Waals surface area (Å²) in [7, 11) is 7.83. The van der Waals surface area contributed by atoms with Gasteiger partial charge in [0.15, 0.2) is 22.5 Å². The fourth-order valence-electron chi connectivity index (χ4n) is 3.82. The van der Waals surface area contributed by atoms with Crippen molar-refractivity contribution in [3.8, 4) is 40.1 Å². The molecule has 1 heterocycles. The lowest BCUT2D eigenvalue weighted by Crippen LogP contribution is -2.05. The summed E-state index contributed by atoms with van der Waals surface area (Å²) in [5.74, 6) is 3.23. The second-order valence-corrected chi connectivity index (χ2v) is 7.55. The van der Waals surface area contributed by atoms with Crippen molar-refractivity contribution in [2.24, 2.45) is 0 Å². The molecule has 0 fully saturated rings. The summed E-state index contributed by atoms with van der Waals surface area (Å²) >= 11 is 0. The minimum atomic E-state index is -0.225. The van der Waals surface area contributed by atoms with Gasteiger partial charge in [0, 0.05) is 17.7 Å². The molecule has 0 radical (unpaired) electrons. The topological polar surface area (TPSA) is 76.4 Å². The van der Waals surface area contributed by atoms with E-state index in [0.717, 1.165) is 11.1 Å². The number of methoxy groups -OCH3 is 5. The van der Waals surface area contributed by atoms with Crippen molar-refractivity contribution in [1.82, 2.24) is 0 Å². The molecule has 0 aliphatic carbocycles. The highest BCUT2D eigenvalue weighted by atomic mass is 16.5. The lowest BCUT2D eigenvalue weighted by atomic mass is 10.0. The van der Waals surface area contributed by atoms with Gasteiger partial charge in [0.25, 0.3) is 0 Å². The molecular formula is C28H26O7. The Labute approximate surface area is 203 Å². The number of ether oxygens (including phenoxy) is 5. The molecule has 4 rings (SSSR count). The van der Waals surface area contributed by atoms with Crippen LogP contribution in [-0.2, 0) is 0 Å². The molecule has 3 aromatic carbocycles. The molecule has 0 amide bonds. The van der Waals surface area contributed by atoms with Crippen molar-refractivity contribution in [2.45, 2.75) is 0 Å². The Hall–Kier alpha value is -4.39. The molecule has 180 valence electrons. The van der Waals surface area contributed by atoms with Gasteiger partial charge in [0.2, 0.25) is 0 Å². The number of hydrogen-bond donors (Lipinski definition) is 0. The van der Waals surface area contributed by atoms with Gasteiger partial charge in [-0.15, -0.1) is 0 Å². The van der Waals surface area contributed by atoms with Gasteiger partial charge >= 0.3 is 0 Å². The van der Waals surface area contributed by atoms with Crippen LogP contribution in [0.4, 0.5) is 0 Å². The van der Waals surface area contributed by atoms with Gasteiger partial charge in [-0.25, -0.2) is 0 Å². The van der Waals surface area contributed by atoms with Crippen molar-refractivity contribution in [3.63, 3.8) is 0 Å². The van der Waals surface area contributed by atoms with E-state index in [4.69, 9.17) is 28.1 Å². The first-order chi connectivity index (χ1) is 17.0. The normalized spacial score (nSPS) is 11.0. The van der Waals surface area contributed by atoms with E-state index in [1.165, 1.54) is 13.2 Å². The molecule has 0 aliphatic heterocycles. The third-order valence-corrected chi connectivity index (χ3v) is 5.63. The summed E-state index contributed by atoms with van der Waals surface area (Å²) in [5.41, 5.74) is 2.34. The first kappa shape index (κ1) is 23.8. The Balaban J connectivity index is 1.91. The number of hydrogen-bond acceptors (Lipinski definition) is 7. The standard InChI is InChI=1S/C28H26O7/c1-30-19-10-8-18(9-11-19)23-15-21(29)27-26(34-5)16-24(32-3)20(28(27)35-23)12-6-17-7-13-22(31-2)25(14-17)33-4/h6-16H,1-5H3/b12-6+. The SMILES string of the molecule is COc1ccc(-c2cc(=O)c3c(OC)cc(OC)c(/C=C/c4ccc(OC)c(OC)c4)c3o2)cc1. The van der Waals surface area contributed by atoms with Crippen LogP contribution in [0.1, 0.15) is 11.1 Å². The molecule has 4 aromatic rings. The van der Waals surface area contributed by atoms with Crippen LogP contribution >= 0.6 is 0 Å². The molecule has 0 unspecified atom stereocenters. The lowest BCUT2D eigenvalue weighted by molar-refractivity contribution is 0.355. The molecule has 7 heteroatoms. The van der Waals surface area contributed by atoms with E-state index in [1.54, 1.807) is 34.5 Å². The Kier molecular flexibility index (Phi) is 6.96. The zero-order valence-corrected chi connectivity index (χ0v) is 20.2. The largest absolute Gasteiger partial charge is 0.497 e. The third kappa shape index (κ3) is 4.66. The second-order valence-electron chi connectivity index (χ2n) is 7.55. The van der Waals surface area contributed by atoms with Gasteiger partial charge in [-0.3, -0.25) is 4.79 Å². The van der Waals surface area contributed by atoms with Crippen molar-refractivity contribution in [3.05, 3.63) is 75.9 Å². The summed E-state index contributed by atoms with van der Waals surface area (Å²) in [6, 6.07) is 16.0. The molecule has 0 saturated heterocycles. The Morgan fingerprint density at radius 1 is 0.657 bits per heavy atom. The zero-order chi connectivity index (χ0) is 24.9. The fraction of sp³-hybridized carbons (Fsp3) is 0.179. The van der Waals surface area contributed by atoms with Gasteiger partial charge in [-0.2, -0.15) is 0 Å². The van der Waals surface area contributed by atoms with Crippen LogP contribution in [0, 0.1) is 0 Å². The summed E-state index contributed by atoms with van der Waals surface area (Å²) < 4.78 is 33.4. The van der Waals surface area contributed by atoms with Crippen LogP contribution < -0.4 is 29.1 Å². The van der Waals surface area contributed by atoms with E-state index in [1.807, 2.05) is 54.6 Å². The van der Waals surface area contributed by atoms with Gasteiger partial charge in [0.1, 0.15) is 28.4 Å². The van der Waals surface area contributed by atoms with E-state index in [9.17, 15) is 4.79 Å². The first-order valence-corrected chi connectivity index (χ1v) is 10.8. The molecule has 0 spiro atoms. The van der Waals surface area contributed by atoms with E-state index in [0.29, 0.717) is 51.0 Å². The maximum atomic E-state index is 13.2. The molecule has 0 saturated carbocycles.